The normalized spacial score (nSPS) is 19.5. The van der Waals surface area contributed by atoms with E-state index in [1.165, 1.54) is 5.56 Å². The summed E-state index contributed by atoms with van der Waals surface area (Å²) in [5.74, 6) is 0. The lowest BCUT2D eigenvalue weighted by molar-refractivity contribution is -0.00160. The molecule has 2 N–H and O–H groups in total. The number of amides is 2. The van der Waals surface area contributed by atoms with Crippen molar-refractivity contribution in [3.8, 4) is 0 Å². The molecule has 1 fully saturated rings. The van der Waals surface area contributed by atoms with Gasteiger partial charge in [-0.15, -0.1) is 0 Å². The zero-order valence-corrected chi connectivity index (χ0v) is 14.3. The molecule has 0 unspecified atom stereocenters. The SMILES string of the molecule is CCc1ccc(CC)c(NC(=O)N2CCOC[C@@H]2C[C@H](C)O)c1. The Morgan fingerprint density at radius 3 is 2.87 bits per heavy atom. The number of carbonyl (C=O) groups excluding carboxylic acids is 1. The Hall–Kier alpha value is -1.59. The maximum Gasteiger partial charge on any atom is 0.322 e. The summed E-state index contributed by atoms with van der Waals surface area (Å²) in [4.78, 5) is 14.5. The van der Waals surface area contributed by atoms with E-state index in [9.17, 15) is 9.90 Å². The maximum absolute atomic E-state index is 12.7. The molecule has 0 aromatic heterocycles. The molecule has 1 aliphatic rings. The highest BCUT2D eigenvalue weighted by Gasteiger charge is 2.28. The molecule has 1 aromatic carbocycles. The van der Waals surface area contributed by atoms with Gasteiger partial charge in [0.25, 0.3) is 0 Å². The minimum Gasteiger partial charge on any atom is -0.393 e. The zero-order chi connectivity index (χ0) is 16.8. The number of morpholine rings is 1. The molecule has 1 heterocycles. The Labute approximate surface area is 138 Å². The molecule has 0 spiro atoms. The molecule has 5 nitrogen and oxygen atoms in total. The Balaban J connectivity index is 2.13. The monoisotopic (exact) mass is 320 g/mol. The summed E-state index contributed by atoms with van der Waals surface area (Å²) < 4.78 is 5.46. The van der Waals surface area contributed by atoms with Crippen LogP contribution in [0.2, 0.25) is 0 Å². The first-order valence-corrected chi connectivity index (χ1v) is 8.50. The molecule has 0 radical (unpaired) electrons. The summed E-state index contributed by atoms with van der Waals surface area (Å²) in [7, 11) is 0. The highest BCUT2D eigenvalue weighted by molar-refractivity contribution is 5.90. The van der Waals surface area contributed by atoms with E-state index in [2.05, 4.69) is 37.4 Å². The van der Waals surface area contributed by atoms with Crippen LogP contribution in [0.25, 0.3) is 0 Å². The smallest absolute Gasteiger partial charge is 0.322 e. The summed E-state index contributed by atoms with van der Waals surface area (Å²) in [5.41, 5.74) is 3.23. The van der Waals surface area contributed by atoms with E-state index >= 15 is 0 Å². The molecule has 1 aromatic rings. The van der Waals surface area contributed by atoms with Gasteiger partial charge in [-0.1, -0.05) is 26.0 Å². The maximum atomic E-state index is 12.7. The molecule has 2 rings (SSSR count). The summed E-state index contributed by atoms with van der Waals surface area (Å²) in [6, 6.07) is 6.06. The van der Waals surface area contributed by atoms with Crippen molar-refractivity contribution < 1.29 is 14.6 Å². The van der Waals surface area contributed by atoms with Gasteiger partial charge >= 0.3 is 6.03 Å². The number of aliphatic hydroxyl groups is 1. The number of hydrogen-bond acceptors (Lipinski definition) is 3. The van der Waals surface area contributed by atoms with Gasteiger partial charge in [0.05, 0.1) is 25.4 Å². The van der Waals surface area contributed by atoms with Gasteiger partial charge in [-0.3, -0.25) is 0 Å². The Morgan fingerprint density at radius 2 is 2.22 bits per heavy atom. The van der Waals surface area contributed by atoms with Crippen molar-refractivity contribution >= 4 is 11.7 Å². The van der Waals surface area contributed by atoms with Crippen LogP contribution in [0.5, 0.6) is 0 Å². The number of rotatable bonds is 5. The van der Waals surface area contributed by atoms with Crippen LogP contribution in [-0.4, -0.2) is 47.9 Å². The van der Waals surface area contributed by atoms with Crippen LogP contribution in [0.3, 0.4) is 0 Å². The second-order valence-corrected chi connectivity index (χ2v) is 6.14. The summed E-state index contributed by atoms with van der Waals surface area (Å²) in [6.07, 6.45) is 1.89. The number of benzene rings is 1. The molecular formula is C18H28N2O3. The number of ether oxygens (including phenoxy) is 1. The fourth-order valence-corrected chi connectivity index (χ4v) is 2.97. The highest BCUT2D eigenvalue weighted by atomic mass is 16.5. The summed E-state index contributed by atoms with van der Waals surface area (Å²) >= 11 is 0. The van der Waals surface area contributed by atoms with Crippen LogP contribution in [0.1, 0.15) is 38.3 Å². The number of nitrogens with zero attached hydrogens (tertiary/aromatic N) is 1. The van der Waals surface area contributed by atoms with Gasteiger partial charge in [-0.25, -0.2) is 4.79 Å². The van der Waals surface area contributed by atoms with Crippen LogP contribution >= 0.6 is 0 Å². The van der Waals surface area contributed by atoms with E-state index < -0.39 is 6.10 Å². The van der Waals surface area contributed by atoms with Crippen molar-refractivity contribution in [2.24, 2.45) is 0 Å². The van der Waals surface area contributed by atoms with E-state index in [1.807, 2.05) is 0 Å². The number of nitrogens with one attached hydrogen (secondary N) is 1. The number of anilines is 1. The highest BCUT2D eigenvalue weighted by Crippen LogP contribution is 2.21. The third-order valence-corrected chi connectivity index (χ3v) is 4.31. The number of hydrogen-bond donors (Lipinski definition) is 2. The van der Waals surface area contributed by atoms with Gasteiger partial charge < -0.3 is 20.1 Å². The van der Waals surface area contributed by atoms with E-state index in [0.717, 1.165) is 24.1 Å². The molecular weight excluding hydrogens is 292 g/mol. The fraction of sp³-hybridized carbons (Fsp3) is 0.611. The van der Waals surface area contributed by atoms with E-state index in [-0.39, 0.29) is 12.1 Å². The van der Waals surface area contributed by atoms with Crippen LogP contribution in [-0.2, 0) is 17.6 Å². The van der Waals surface area contributed by atoms with Crippen molar-refractivity contribution in [2.75, 3.05) is 25.1 Å². The van der Waals surface area contributed by atoms with E-state index in [4.69, 9.17) is 4.74 Å². The standard InChI is InChI=1S/C18H28N2O3/c1-4-14-6-7-15(5-2)17(11-14)19-18(22)20-8-9-23-12-16(20)10-13(3)21/h6-7,11,13,16,21H,4-5,8-10,12H2,1-3H3,(H,19,22)/t13-,16-/m0/s1. The number of aliphatic hydroxyl groups excluding tert-OH is 1. The zero-order valence-electron chi connectivity index (χ0n) is 14.3. The quantitative estimate of drug-likeness (QED) is 0.877. The molecule has 0 aliphatic carbocycles. The van der Waals surface area contributed by atoms with E-state index in [0.29, 0.717) is 26.2 Å². The van der Waals surface area contributed by atoms with Crippen molar-refractivity contribution in [3.05, 3.63) is 29.3 Å². The molecule has 5 heteroatoms. The second-order valence-electron chi connectivity index (χ2n) is 6.14. The molecule has 23 heavy (non-hydrogen) atoms. The third kappa shape index (κ3) is 4.69. The third-order valence-electron chi connectivity index (χ3n) is 4.31. The minimum absolute atomic E-state index is 0.0804. The number of aryl methyl sites for hydroxylation is 2. The second kappa shape index (κ2) is 8.31. The molecule has 2 atom stereocenters. The Morgan fingerprint density at radius 1 is 1.43 bits per heavy atom. The molecule has 1 aliphatic heterocycles. The average molecular weight is 320 g/mol. The van der Waals surface area contributed by atoms with Crippen molar-refractivity contribution in [1.82, 2.24) is 4.90 Å². The lowest BCUT2D eigenvalue weighted by Gasteiger charge is -2.36. The molecule has 128 valence electrons. The first kappa shape index (κ1) is 17.8. The van der Waals surface area contributed by atoms with Crippen molar-refractivity contribution in [1.29, 1.82) is 0 Å². The molecule has 0 bridgehead atoms. The summed E-state index contributed by atoms with van der Waals surface area (Å²) in [6.45, 7) is 7.50. The molecule has 1 saturated heterocycles. The summed E-state index contributed by atoms with van der Waals surface area (Å²) in [5, 5.41) is 12.7. The van der Waals surface area contributed by atoms with Crippen LogP contribution in [0.4, 0.5) is 10.5 Å². The largest absolute Gasteiger partial charge is 0.393 e. The predicted octanol–water partition coefficient (Wildman–Crippen LogP) is 2.82. The van der Waals surface area contributed by atoms with E-state index in [1.54, 1.807) is 11.8 Å². The van der Waals surface area contributed by atoms with Gasteiger partial charge in [-0.05, 0) is 43.4 Å². The fourth-order valence-electron chi connectivity index (χ4n) is 2.97. The lowest BCUT2D eigenvalue weighted by Crippen LogP contribution is -2.51. The predicted molar refractivity (Wildman–Crippen MR) is 91.8 cm³/mol. The lowest BCUT2D eigenvalue weighted by atomic mass is 10.1. The average Bonchev–Trinajstić information content (AvgIpc) is 2.54. The first-order chi connectivity index (χ1) is 11.0. The molecule has 2 amide bonds. The Bertz CT molecular complexity index is 531. The van der Waals surface area contributed by atoms with Gasteiger partial charge in [-0.2, -0.15) is 0 Å². The van der Waals surface area contributed by atoms with Crippen LogP contribution in [0, 0.1) is 0 Å². The van der Waals surface area contributed by atoms with Crippen LogP contribution in [0.15, 0.2) is 18.2 Å². The van der Waals surface area contributed by atoms with Gasteiger partial charge in [0.15, 0.2) is 0 Å². The molecule has 0 saturated carbocycles. The number of carbonyl (C=O) groups is 1. The van der Waals surface area contributed by atoms with Gasteiger partial charge in [0, 0.05) is 12.2 Å². The van der Waals surface area contributed by atoms with Gasteiger partial charge in [0.2, 0.25) is 0 Å². The van der Waals surface area contributed by atoms with Crippen molar-refractivity contribution in [2.45, 2.75) is 52.2 Å². The van der Waals surface area contributed by atoms with Crippen LogP contribution < -0.4 is 5.32 Å². The minimum atomic E-state index is -0.452. The van der Waals surface area contributed by atoms with Gasteiger partial charge in [0.1, 0.15) is 0 Å². The topological polar surface area (TPSA) is 61.8 Å². The number of urea groups is 1. The Kier molecular flexibility index (Phi) is 6.42. The van der Waals surface area contributed by atoms with Crippen molar-refractivity contribution in [3.63, 3.8) is 0 Å². The first-order valence-electron chi connectivity index (χ1n) is 8.50.